The molecule has 0 N–H and O–H groups in total. The first-order valence-electron chi connectivity index (χ1n) is 6.95. The Labute approximate surface area is 128 Å². The van der Waals surface area contributed by atoms with Gasteiger partial charge in [0.1, 0.15) is 0 Å². The first kappa shape index (κ1) is 17.9. The molecule has 1 aromatic carbocycles. The fraction of sp³-hybridized carbons (Fsp3) is 0.500. The zero-order chi connectivity index (χ0) is 16.3. The Bertz CT molecular complexity index is 586. The molecule has 0 bridgehead atoms. The zero-order valence-electron chi connectivity index (χ0n) is 13.2. The molecular weight excluding hydrogens is 306 g/mol. The van der Waals surface area contributed by atoms with Gasteiger partial charge in [0.15, 0.2) is 0 Å². The summed E-state index contributed by atoms with van der Waals surface area (Å²) in [6.07, 6.45) is 0. The quantitative estimate of drug-likeness (QED) is 0.753. The monoisotopic (exact) mass is 329 g/mol. The van der Waals surface area contributed by atoms with Crippen LogP contribution >= 0.6 is 0 Å². The summed E-state index contributed by atoms with van der Waals surface area (Å²) in [6, 6.07) is 5.90. The van der Waals surface area contributed by atoms with Gasteiger partial charge in [0.2, 0.25) is 18.3 Å². The smallest absolute Gasteiger partial charge is 0.324 e. The highest BCUT2D eigenvalue weighted by molar-refractivity contribution is 7.89. The van der Waals surface area contributed by atoms with Crippen molar-refractivity contribution < 1.29 is 17.6 Å². The molecule has 0 atom stereocenters. The maximum Gasteiger partial charge on any atom is 0.324 e. The molecule has 0 spiro atoms. The summed E-state index contributed by atoms with van der Waals surface area (Å²) >= 11 is 0. The lowest BCUT2D eigenvalue weighted by Crippen LogP contribution is -2.31. The number of rotatable bonds is 6. The van der Waals surface area contributed by atoms with E-state index in [1.807, 2.05) is 19.6 Å². The Morgan fingerprint density at radius 2 is 1.57 bits per heavy atom. The average Bonchev–Trinajstić information content (AvgIpc) is 2.38. The molecule has 0 saturated carbocycles. The second-order valence-corrected chi connectivity index (χ2v) is 12.0. The number of benzene rings is 1. The van der Waals surface area contributed by atoms with Crippen LogP contribution in [0.25, 0.3) is 0 Å². The van der Waals surface area contributed by atoms with Gasteiger partial charge in [-0.25, -0.2) is 13.2 Å². The largest absolute Gasteiger partial charge is 0.516 e. The van der Waals surface area contributed by atoms with Gasteiger partial charge in [-0.2, -0.15) is 4.31 Å². The molecule has 0 radical (unpaired) electrons. The minimum absolute atomic E-state index is 0.191. The van der Waals surface area contributed by atoms with Crippen molar-refractivity contribution in [1.29, 1.82) is 0 Å². The van der Waals surface area contributed by atoms with Crippen LogP contribution in [-0.2, 0) is 14.4 Å². The highest BCUT2D eigenvalue weighted by Gasteiger charge is 2.23. The van der Waals surface area contributed by atoms with E-state index in [2.05, 4.69) is 0 Å². The van der Waals surface area contributed by atoms with E-state index in [9.17, 15) is 13.2 Å². The lowest BCUT2D eigenvalue weighted by molar-refractivity contribution is 0.0724. The molecule has 7 heteroatoms. The minimum Gasteiger partial charge on any atom is -0.516 e. The fourth-order valence-electron chi connectivity index (χ4n) is 1.81. The predicted molar refractivity (Wildman–Crippen MR) is 85.3 cm³/mol. The molecule has 0 aromatic heterocycles. The van der Waals surface area contributed by atoms with Gasteiger partial charge in [0, 0.05) is 13.1 Å². The highest BCUT2D eigenvalue weighted by atomic mass is 32.2. The van der Waals surface area contributed by atoms with Crippen molar-refractivity contribution in [2.45, 2.75) is 38.4 Å². The maximum atomic E-state index is 12.3. The Hall–Kier alpha value is -1.18. The molecule has 0 unspecified atom stereocenters. The van der Waals surface area contributed by atoms with Crippen LogP contribution < -0.4 is 0 Å². The molecule has 0 saturated heterocycles. The average molecular weight is 329 g/mol. The van der Waals surface area contributed by atoms with Crippen LogP contribution in [0.2, 0.25) is 19.6 Å². The number of sulfonamides is 1. The molecular formula is C14H23NO4SSi. The van der Waals surface area contributed by atoms with Gasteiger partial charge in [0.25, 0.3) is 0 Å². The molecule has 1 rings (SSSR count). The van der Waals surface area contributed by atoms with Crippen LogP contribution in [0.4, 0.5) is 0 Å². The number of nitrogens with zero attached hydrogens (tertiary/aromatic N) is 1. The highest BCUT2D eigenvalue weighted by Crippen LogP contribution is 2.17. The molecule has 0 aliphatic carbocycles. The molecule has 0 aliphatic heterocycles. The molecule has 0 aliphatic rings. The van der Waals surface area contributed by atoms with Gasteiger partial charge in [-0.3, -0.25) is 0 Å². The summed E-state index contributed by atoms with van der Waals surface area (Å²) in [6.45, 7) is 10.2. The summed E-state index contributed by atoms with van der Waals surface area (Å²) in [4.78, 5) is 12.1. The van der Waals surface area contributed by atoms with Gasteiger partial charge in [-0.15, -0.1) is 0 Å². The molecule has 118 valence electrons. The number of carbonyl (C=O) groups is 1. The second-order valence-electron chi connectivity index (χ2n) is 5.62. The number of hydrogen-bond acceptors (Lipinski definition) is 4. The molecule has 0 fully saturated rings. The van der Waals surface area contributed by atoms with E-state index in [0.29, 0.717) is 18.7 Å². The molecule has 5 nitrogen and oxygen atoms in total. The minimum atomic E-state index is -3.49. The van der Waals surface area contributed by atoms with Crippen molar-refractivity contribution in [3.63, 3.8) is 0 Å². The maximum absolute atomic E-state index is 12.3. The standard InChI is InChI=1S/C14H23NO4SSi/c1-6-15(7-2)20(17,18)13-10-8-12(9-11-13)14(16)19-21(3,4)5/h8-11H,6-7H2,1-5H3. The van der Waals surface area contributed by atoms with E-state index in [1.165, 1.54) is 28.6 Å². The SMILES string of the molecule is CCN(CC)S(=O)(=O)c1ccc(C(=O)O[Si](C)(C)C)cc1. The van der Waals surface area contributed by atoms with Crippen LogP contribution in [0, 0.1) is 0 Å². The second kappa shape index (κ2) is 6.72. The summed E-state index contributed by atoms with van der Waals surface area (Å²) in [5.74, 6) is -0.402. The Morgan fingerprint density at radius 3 is 1.95 bits per heavy atom. The number of carbonyl (C=O) groups excluding carboxylic acids is 1. The first-order valence-corrected chi connectivity index (χ1v) is 11.8. The molecule has 1 aromatic rings. The van der Waals surface area contributed by atoms with E-state index >= 15 is 0 Å². The van der Waals surface area contributed by atoms with E-state index in [4.69, 9.17) is 4.43 Å². The lowest BCUT2D eigenvalue weighted by atomic mass is 10.2. The van der Waals surface area contributed by atoms with Crippen molar-refractivity contribution in [2.75, 3.05) is 13.1 Å². The van der Waals surface area contributed by atoms with Gasteiger partial charge in [-0.1, -0.05) is 13.8 Å². The van der Waals surface area contributed by atoms with Gasteiger partial charge < -0.3 is 4.43 Å². The lowest BCUT2D eigenvalue weighted by Gasteiger charge is -2.19. The molecule has 0 amide bonds. The van der Waals surface area contributed by atoms with Gasteiger partial charge in [-0.05, 0) is 43.9 Å². The predicted octanol–water partition coefficient (Wildman–Crippen LogP) is 2.71. The van der Waals surface area contributed by atoms with Crippen LogP contribution in [0.1, 0.15) is 24.2 Å². The Morgan fingerprint density at radius 1 is 1.10 bits per heavy atom. The summed E-state index contributed by atoms with van der Waals surface area (Å²) < 4.78 is 31.4. The Kier molecular flexibility index (Phi) is 5.72. The molecule has 0 heterocycles. The van der Waals surface area contributed by atoms with Crippen molar-refractivity contribution in [1.82, 2.24) is 4.31 Å². The fourth-order valence-corrected chi connectivity index (χ4v) is 3.94. The van der Waals surface area contributed by atoms with E-state index in [0.717, 1.165) is 0 Å². The zero-order valence-corrected chi connectivity index (χ0v) is 15.0. The van der Waals surface area contributed by atoms with Crippen molar-refractivity contribution in [3.8, 4) is 0 Å². The third-order valence-corrected chi connectivity index (χ3v) is 5.69. The molecule has 21 heavy (non-hydrogen) atoms. The summed E-state index contributed by atoms with van der Waals surface area (Å²) in [5, 5.41) is 0. The normalized spacial score (nSPS) is 12.5. The third-order valence-electron chi connectivity index (χ3n) is 2.83. The van der Waals surface area contributed by atoms with E-state index < -0.39 is 24.3 Å². The van der Waals surface area contributed by atoms with E-state index in [-0.39, 0.29) is 4.90 Å². The van der Waals surface area contributed by atoms with Gasteiger partial charge >= 0.3 is 5.97 Å². The van der Waals surface area contributed by atoms with Crippen LogP contribution in [0.3, 0.4) is 0 Å². The number of hydrogen-bond donors (Lipinski definition) is 0. The van der Waals surface area contributed by atoms with Crippen LogP contribution in [-0.4, -0.2) is 40.1 Å². The first-order chi connectivity index (χ1) is 9.61. The van der Waals surface area contributed by atoms with Crippen molar-refractivity contribution in [3.05, 3.63) is 29.8 Å². The third kappa shape index (κ3) is 4.65. The van der Waals surface area contributed by atoms with Crippen LogP contribution in [0.15, 0.2) is 29.2 Å². The summed E-state index contributed by atoms with van der Waals surface area (Å²) in [7, 11) is -5.45. The topological polar surface area (TPSA) is 63.7 Å². The summed E-state index contributed by atoms with van der Waals surface area (Å²) in [5.41, 5.74) is 0.371. The van der Waals surface area contributed by atoms with Crippen molar-refractivity contribution in [2.24, 2.45) is 0 Å². The Balaban J connectivity index is 3.00. The van der Waals surface area contributed by atoms with Crippen molar-refractivity contribution >= 4 is 24.3 Å². The van der Waals surface area contributed by atoms with E-state index in [1.54, 1.807) is 13.8 Å². The van der Waals surface area contributed by atoms with Crippen LogP contribution in [0.5, 0.6) is 0 Å². The van der Waals surface area contributed by atoms with Gasteiger partial charge in [0.05, 0.1) is 10.5 Å².